The number of hydrogen-bond acceptors (Lipinski definition) is 0. The normalized spacial score (nSPS) is 51.1. The summed E-state index contributed by atoms with van der Waals surface area (Å²) in [7, 11) is 0. The largest absolute Gasteiger partial charge is 0.0619 e. The number of rotatable bonds is 1. The van der Waals surface area contributed by atoms with Gasteiger partial charge in [-0.15, -0.1) is 0 Å². The van der Waals surface area contributed by atoms with Gasteiger partial charge in [0, 0.05) is 0 Å². The van der Waals surface area contributed by atoms with Crippen LogP contribution in [-0.2, 0) is 0 Å². The molecule has 4 saturated carbocycles. The van der Waals surface area contributed by atoms with Crippen molar-refractivity contribution in [2.75, 3.05) is 0 Å². The lowest BCUT2D eigenvalue weighted by Crippen LogP contribution is -2.41. The Labute approximate surface area is 138 Å². The Morgan fingerprint density at radius 1 is 0.636 bits per heavy atom. The van der Waals surface area contributed by atoms with E-state index in [0.29, 0.717) is 5.41 Å². The van der Waals surface area contributed by atoms with Crippen molar-refractivity contribution in [3.05, 3.63) is 0 Å². The number of fused-ring (bicyclic) bond motifs is 3. The lowest BCUT2D eigenvalue weighted by molar-refractivity contribution is -0.00146. The summed E-state index contributed by atoms with van der Waals surface area (Å²) in [5.41, 5.74) is 0.623. The minimum atomic E-state index is 0.623. The van der Waals surface area contributed by atoms with E-state index in [1.165, 1.54) is 32.1 Å². The topological polar surface area (TPSA) is 0 Å². The van der Waals surface area contributed by atoms with E-state index in [2.05, 4.69) is 20.8 Å². The molecule has 7 atom stereocenters. The second-order valence-corrected chi connectivity index (χ2v) is 10.1. The SMILES string of the molecule is CC1C2CCCCC2C2CCCC(C3CCCCC3(C)C)C12. The van der Waals surface area contributed by atoms with Gasteiger partial charge < -0.3 is 0 Å². The minimum Gasteiger partial charge on any atom is -0.0619 e. The van der Waals surface area contributed by atoms with Gasteiger partial charge in [-0.1, -0.05) is 52.9 Å². The Morgan fingerprint density at radius 3 is 2.05 bits per heavy atom. The summed E-state index contributed by atoms with van der Waals surface area (Å²) in [5, 5.41) is 0. The standard InChI is InChI=1S/C22H38/c1-15-16-9-4-5-10-17(16)18-11-8-12-19(21(15)18)20-13-6-7-14-22(20,2)3/h15-21H,4-14H2,1-3H3. The van der Waals surface area contributed by atoms with Crippen molar-refractivity contribution in [3.8, 4) is 0 Å². The zero-order valence-corrected chi connectivity index (χ0v) is 15.3. The van der Waals surface area contributed by atoms with Crippen molar-refractivity contribution >= 4 is 0 Å². The lowest BCUT2D eigenvalue weighted by atomic mass is 9.56. The zero-order chi connectivity index (χ0) is 15.3. The van der Waals surface area contributed by atoms with Gasteiger partial charge in [0.05, 0.1) is 0 Å². The molecule has 4 rings (SSSR count). The van der Waals surface area contributed by atoms with Crippen LogP contribution in [0.5, 0.6) is 0 Å². The van der Waals surface area contributed by atoms with Crippen LogP contribution in [0.25, 0.3) is 0 Å². The fourth-order valence-corrected chi connectivity index (χ4v) is 8.01. The molecule has 7 unspecified atom stereocenters. The van der Waals surface area contributed by atoms with Gasteiger partial charge in [0.2, 0.25) is 0 Å². The molecule has 0 radical (unpaired) electrons. The molecule has 4 aliphatic carbocycles. The molecule has 0 heteroatoms. The average molecular weight is 303 g/mol. The maximum atomic E-state index is 2.67. The molecule has 4 aliphatic rings. The first kappa shape index (κ1) is 15.5. The summed E-state index contributed by atoms with van der Waals surface area (Å²) in [6.07, 6.45) is 17.0. The molecule has 0 amide bonds. The Kier molecular flexibility index (Phi) is 4.10. The quantitative estimate of drug-likeness (QED) is 0.506. The summed E-state index contributed by atoms with van der Waals surface area (Å²) in [6.45, 7) is 7.88. The molecule has 0 aliphatic heterocycles. The van der Waals surface area contributed by atoms with E-state index < -0.39 is 0 Å². The molecule has 4 fully saturated rings. The molecule has 126 valence electrons. The molecule has 0 nitrogen and oxygen atoms in total. The molecule has 22 heavy (non-hydrogen) atoms. The maximum absolute atomic E-state index is 2.67. The van der Waals surface area contributed by atoms with E-state index in [4.69, 9.17) is 0 Å². The van der Waals surface area contributed by atoms with Crippen molar-refractivity contribution in [2.45, 2.75) is 91.4 Å². The van der Waals surface area contributed by atoms with Gasteiger partial charge in [0.1, 0.15) is 0 Å². The van der Waals surface area contributed by atoms with E-state index in [0.717, 1.165) is 41.4 Å². The Hall–Kier alpha value is 0. The molecule has 0 aromatic carbocycles. The van der Waals surface area contributed by atoms with Crippen molar-refractivity contribution in [1.29, 1.82) is 0 Å². The Bertz CT molecular complexity index is 395. The second-order valence-electron chi connectivity index (χ2n) is 10.1. The van der Waals surface area contributed by atoms with Crippen LogP contribution in [0.1, 0.15) is 91.4 Å². The van der Waals surface area contributed by atoms with E-state index in [1.54, 1.807) is 38.5 Å². The first-order valence-corrected chi connectivity index (χ1v) is 10.6. The summed E-state index contributed by atoms with van der Waals surface area (Å²) < 4.78 is 0. The van der Waals surface area contributed by atoms with Crippen LogP contribution in [0.15, 0.2) is 0 Å². The number of hydrogen-bond donors (Lipinski definition) is 0. The van der Waals surface area contributed by atoms with Crippen molar-refractivity contribution in [1.82, 2.24) is 0 Å². The summed E-state index contributed by atoms with van der Waals surface area (Å²) in [4.78, 5) is 0. The molecular weight excluding hydrogens is 264 g/mol. The van der Waals surface area contributed by atoms with E-state index in [-0.39, 0.29) is 0 Å². The van der Waals surface area contributed by atoms with Crippen molar-refractivity contribution in [2.24, 2.45) is 46.8 Å². The van der Waals surface area contributed by atoms with Crippen LogP contribution in [0.4, 0.5) is 0 Å². The fourth-order valence-electron chi connectivity index (χ4n) is 8.01. The van der Waals surface area contributed by atoms with E-state index >= 15 is 0 Å². The molecule has 0 bridgehead atoms. The van der Waals surface area contributed by atoms with Crippen LogP contribution in [-0.4, -0.2) is 0 Å². The van der Waals surface area contributed by atoms with E-state index in [9.17, 15) is 0 Å². The highest BCUT2D eigenvalue weighted by molar-refractivity contribution is 5.03. The Morgan fingerprint density at radius 2 is 1.27 bits per heavy atom. The third kappa shape index (κ3) is 2.39. The Balaban J connectivity index is 1.61. The highest BCUT2D eigenvalue weighted by Gasteiger charge is 2.54. The highest BCUT2D eigenvalue weighted by atomic mass is 14.6. The first-order chi connectivity index (χ1) is 10.6. The van der Waals surface area contributed by atoms with Crippen molar-refractivity contribution in [3.63, 3.8) is 0 Å². The molecule has 0 aromatic heterocycles. The molecule has 0 saturated heterocycles. The van der Waals surface area contributed by atoms with Gasteiger partial charge in [-0.2, -0.15) is 0 Å². The third-order valence-corrected chi connectivity index (χ3v) is 8.88. The fraction of sp³-hybridized carbons (Fsp3) is 1.00. The monoisotopic (exact) mass is 302 g/mol. The molecule has 0 spiro atoms. The smallest absolute Gasteiger partial charge is 0.0323 e. The van der Waals surface area contributed by atoms with E-state index in [1.807, 2.05) is 0 Å². The molecule has 0 heterocycles. The van der Waals surface area contributed by atoms with Gasteiger partial charge in [0.25, 0.3) is 0 Å². The van der Waals surface area contributed by atoms with Gasteiger partial charge in [-0.3, -0.25) is 0 Å². The molecular formula is C22H38. The average Bonchev–Trinajstić information content (AvgIpc) is 2.81. The van der Waals surface area contributed by atoms with Gasteiger partial charge in [-0.05, 0) is 85.4 Å². The summed E-state index contributed by atoms with van der Waals surface area (Å²) in [5.74, 6) is 7.62. The van der Waals surface area contributed by atoms with Crippen LogP contribution < -0.4 is 0 Å². The minimum absolute atomic E-state index is 0.623. The second kappa shape index (κ2) is 5.82. The van der Waals surface area contributed by atoms with Crippen LogP contribution in [0.3, 0.4) is 0 Å². The van der Waals surface area contributed by atoms with Gasteiger partial charge in [0.15, 0.2) is 0 Å². The maximum Gasteiger partial charge on any atom is -0.0323 e. The van der Waals surface area contributed by atoms with Crippen LogP contribution >= 0.6 is 0 Å². The zero-order valence-electron chi connectivity index (χ0n) is 15.3. The summed E-state index contributed by atoms with van der Waals surface area (Å²) >= 11 is 0. The van der Waals surface area contributed by atoms with Gasteiger partial charge in [-0.25, -0.2) is 0 Å². The third-order valence-electron chi connectivity index (χ3n) is 8.88. The predicted octanol–water partition coefficient (Wildman–Crippen LogP) is 6.69. The molecule has 0 N–H and O–H groups in total. The van der Waals surface area contributed by atoms with Crippen LogP contribution in [0, 0.1) is 46.8 Å². The summed E-state index contributed by atoms with van der Waals surface area (Å²) in [6, 6.07) is 0. The predicted molar refractivity (Wildman–Crippen MR) is 94.7 cm³/mol. The van der Waals surface area contributed by atoms with Gasteiger partial charge >= 0.3 is 0 Å². The molecule has 0 aromatic rings. The lowest BCUT2D eigenvalue weighted by Gasteiger charge is -2.49. The first-order valence-electron chi connectivity index (χ1n) is 10.6. The highest BCUT2D eigenvalue weighted by Crippen LogP contribution is 2.62. The van der Waals surface area contributed by atoms with Crippen molar-refractivity contribution < 1.29 is 0 Å². The van der Waals surface area contributed by atoms with Crippen LogP contribution in [0.2, 0.25) is 0 Å².